The second kappa shape index (κ2) is 7.04. The highest BCUT2D eigenvalue weighted by molar-refractivity contribution is 7.14. The lowest BCUT2D eigenvalue weighted by Gasteiger charge is -2.05. The fourth-order valence-corrected chi connectivity index (χ4v) is 2.90. The molecule has 0 atom stereocenters. The van der Waals surface area contributed by atoms with Gasteiger partial charge in [0.1, 0.15) is 4.88 Å². The molecule has 0 aliphatic heterocycles. The Labute approximate surface area is 127 Å². The van der Waals surface area contributed by atoms with Crippen LogP contribution in [0.2, 0.25) is 0 Å². The molecule has 1 N–H and O–H groups in total. The molecule has 0 saturated carbocycles. The van der Waals surface area contributed by atoms with Gasteiger partial charge in [-0.25, -0.2) is 4.79 Å². The lowest BCUT2D eigenvalue weighted by molar-refractivity contribution is -0.119. The molecule has 4 nitrogen and oxygen atoms in total. The van der Waals surface area contributed by atoms with E-state index in [0.29, 0.717) is 10.6 Å². The van der Waals surface area contributed by atoms with E-state index in [9.17, 15) is 9.59 Å². The molecule has 2 aromatic rings. The first-order valence-electron chi connectivity index (χ1n) is 6.71. The van der Waals surface area contributed by atoms with Gasteiger partial charge in [0.15, 0.2) is 6.61 Å². The quantitative estimate of drug-likeness (QED) is 0.861. The van der Waals surface area contributed by atoms with Gasteiger partial charge in [-0.2, -0.15) is 0 Å². The number of anilines is 1. The molecule has 1 amide bonds. The first kappa shape index (κ1) is 15.3. The molecule has 1 aromatic carbocycles. The largest absolute Gasteiger partial charge is 0.451 e. The van der Waals surface area contributed by atoms with Crippen LogP contribution in [0.25, 0.3) is 0 Å². The second-order valence-electron chi connectivity index (χ2n) is 4.54. The predicted octanol–water partition coefficient (Wildman–Crippen LogP) is 3.41. The van der Waals surface area contributed by atoms with Crippen LogP contribution in [-0.2, 0) is 16.0 Å². The van der Waals surface area contributed by atoms with Gasteiger partial charge >= 0.3 is 5.97 Å². The summed E-state index contributed by atoms with van der Waals surface area (Å²) in [6, 6.07) is 10.9. The number of hydrogen-bond acceptors (Lipinski definition) is 4. The maximum Gasteiger partial charge on any atom is 0.348 e. The number of rotatable bonds is 5. The highest BCUT2D eigenvalue weighted by atomic mass is 32.1. The molecule has 110 valence electrons. The third-order valence-electron chi connectivity index (χ3n) is 2.99. The smallest absolute Gasteiger partial charge is 0.348 e. The third-order valence-corrected chi connectivity index (χ3v) is 4.07. The number of benzene rings is 1. The Morgan fingerprint density at radius 3 is 2.57 bits per heavy atom. The Kier molecular flexibility index (Phi) is 5.11. The minimum Gasteiger partial charge on any atom is -0.451 e. The second-order valence-corrected chi connectivity index (χ2v) is 5.79. The highest BCUT2D eigenvalue weighted by Gasteiger charge is 2.14. The van der Waals surface area contributed by atoms with Crippen molar-refractivity contribution in [3.8, 4) is 0 Å². The standard InChI is InChI=1S/C16H17NO3S/c1-3-12-9-14(21-11(12)2)16(19)20-10-15(18)17-13-7-5-4-6-8-13/h4-9H,3,10H2,1-2H3,(H,17,18). The van der Waals surface area contributed by atoms with Crippen molar-refractivity contribution in [3.05, 3.63) is 51.7 Å². The van der Waals surface area contributed by atoms with E-state index in [4.69, 9.17) is 4.74 Å². The Bertz CT molecular complexity index is 634. The number of ether oxygens (including phenoxy) is 1. The molecule has 21 heavy (non-hydrogen) atoms. The van der Waals surface area contributed by atoms with Crippen LogP contribution in [0.4, 0.5) is 5.69 Å². The lowest BCUT2D eigenvalue weighted by Crippen LogP contribution is -2.20. The summed E-state index contributed by atoms with van der Waals surface area (Å²) in [7, 11) is 0. The van der Waals surface area contributed by atoms with Crippen molar-refractivity contribution in [3.63, 3.8) is 0 Å². The van der Waals surface area contributed by atoms with Crippen molar-refractivity contribution in [2.24, 2.45) is 0 Å². The number of carbonyl (C=O) groups is 2. The van der Waals surface area contributed by atoms with E-state index < -0.39 is 5.97 Å². The van der Waals surface area contributed by atoms with Crippen molar-refractivity contribution in [2.45, 2.75) is 20.3 Å². The van der Waals surface area contributed by atoms with Gasteiger partial charge in [-0.3, -0.25) is 4.79 Å². The van der Waals surface area contributed by atoms with Gasteiger partial charge < -0.3 is 10.1 Å². The molecule has 0 aliphatic carbocycles. The molecule has 1 aromatic heterocycles. The predicted molar refractivity (Wildman–Crippen MR) is 83.8 cm³/mol. The lowest BCUT2D eigenvalue weighted by atomic mass is 10.2. The number of hydrogen-bond donors (Lipinski definition) is 1. The third kappa shape index (κ3) is 4.16. The van der Waals surface area contributed by atoms with Crippen LogP contribution in [0.3, 0.4) is 0 Å². The van der Waals surface area contributed by atoms with E-state index in [1.165, 1.54) is 11.3 Å². The summed E-state index contributed by atoms with van der Waals surface area (Å²) in [5, 5.41) is 2.66. The zero-order valence-corrected chi connectivity index (χ0v) is 12.8. The summed E-state index contributed by atoms with van der Waals surface area (Å²) in [4.78, 5) is 25.2. The van der Waals surface area contributed by atoms with Crippen molar-refractivity contribution in [2.75, 3.05) is 11.9 Å². The highest BCUT2D eigenvalue weighted by Crippen LogP contribution is 2.22. The molecule has 0 unspecified atom stereocenters. The number of esters is 1. The summed E-state index contributed by atoms with van der Waals surface area (Å²) in [6.45, 7) is 3.73. The fraction of sp³-hybridized carbons (Fsp3) is 0.250. The van der Waals surface area contributed by atoms with E-state index in [2.05, 4.69) is 5.32 Å². The maximum absolute atomic E-state index is 11.9. The van der Waals surface area contributed by atoms with Crippen molar-refractivity contribution < 1.29 is 14.3 Å². The summed E-state index contributed by atoms with van der Waals surface area (Å²) in [5.41, 5.74) is 1.82. The van der Waals surface area contributed by atoms with Crippen molar-refractivity contribution >= 4 is 28.9 Å². The molecule has 0 aliphatic rings. The number of nitrogens with one attached hydrogen (secondary N) is 1. The van der Waals surface area contributed by atoms with Gasteiger partial charge in [-0.15, -0.1) is 11.3 Å². The average Bonchev–Trinajstić information content (AvgIpc) is 2.87. The monoisotopic (exact) mass is 303 g/mol. The molecule has 0 bridgehead atoms. The number of amides is 1. The van der Waals surface area contributed by atoms with Gasteiger partial charge in [0.05, 0.1) is 0 Å². The Balaban J connectivity index is 1.87. The maximum atomic E-state index is 11.9. The van der Waals surface area contributed by atoms with Crippen LogP contribution in [0.1, 0.15) is 27.0 Å². The van der Waals surface area contributed by atoms with E-state index in [1.807, 2.05) is 38.1 Å². The Morgan fingerprint density at radius 1 is 1.24 bits per heavy atom. The first-order valence-corrected chi connectivity index (χ1v) is 7.53. The van der Waals surface area contributed by atoms with Gasteiger partial charge in [0.2, 0.25) is 0 Å². The van der Waals surface area contributed by atoms with E-state index >= 15 is 0 Å². The van der Waals surface area contributed by atoms with Crippen LogP contribution in [0, 0.1) is 6.92 Å². The van der Waals surface area contributed by atoms with Crippen molar-refractivity contribution in [1.29, 1.82) is 0 Å². The van der Waals surface area contributed by atoms with Gasteiger partial charge in [-0.05, 0) is 37.1 Å². The normalized spacial score (nSPS) is 10.2. The summed E-state index contributed by atoms with van der Waals surface area (Å²) < 4.78 is 5.03. The van der Waals surface area contributed by atoms with Crippen LogP contribution in [-0.4, -0.2) is 18.5 Å². The van der Waals surface area contributed by atoms with Crippen LogP contribution < -0.4 is 5.32 Å². The van der Waals surface area contributed by atoms with Gasteiger partial charge in [0, 0.05) is 10.6 Å². The summed E-state index contributed by atoms with van der Waals surface area (Å²) in [6.07, 6.45) is 0.879. The van der Waals surface area contributed by atoms with Crippen LogP contribution in [0.5, 0.6) is 0 Å². The number of thiophene rings is 1. The van der Waals surface area contributed by atoms with E-state index in [-0.39, 0.29) is 12.5 Å². The van der Waals surface area contributed by atoms with Crippen molar-refractivity contribution in [1.82, 2.24) is 0 Å². The number of aryl methyl sites for hydroxylation is 2. The fourth-order valence-electron chi connectivity index (χ4n) is 1.89. The van der Waals surface area contributed by atoms with Crippen LogP contribution in [0.15, 0.2) is 36.4 Å². The minimum absolute atomic E-state index is 0.286. The number of carbonyl (C=O) groups excluding carboxylic acids is 2. The zero-order valence-electron chi connectivity index (χ0n) is 12.0. The van der Waals surface area contributed by atoms with Crippen LogP contribution >= 0.6 is 11.3 Å². The first-order chi connectivity index (χ1) is 10.1. The van der Waals surface area contributed by atoms with E-state index in [0.717, 1.165) is 16.9 Å². The molecule has 0 saturated heterocycles. The number of para-hydroxylation sites is 1. The van der Waals surface area contributed by atoms with Gasteiger partial charge in [-0.1, -0.05) is 25.1 Å². The molecular weight excluding hydrogens is 286 g/mol. The van der Waals surface area contributed by atoms with E-state index in [1.54, 1.807) is 12.1 Å². The zero-order chi connectivity index (χ0) is 15.2. The molecule has 0 radical (unpaired) electrons. The topological polar surface area (TPSA) is 55.4 Å². The summed E-state index contributed by atoms with van der Waals surface area (Å²) in [5.74, 6) is -0.801. The molecule has 2 rings (SSSR count). The average molecular weight is 303 g/mol. The van der Waals surface area contributed by atoms with Gasteiger partial charge in [0.25, 0.3) is 5.91 Å². The molecule has 1 heterocycles. The Morgan fingerprint density at radius 2 is 1.95 bits per heavy atom. The minimum atomic E-state index is -0.453. The molecule has 5 heteroatoms. The molecule has 0 fully saturated rings. The summed E-state index contributed by atoms with van der Waals surface area (Å²) >= 11 is 1.40. The Hall–Kier alpha value is -2.14. The molecule has 0 spiro atoms. The molecular formula is C16H17NO3S. The SMILES string of the molecule is CCc1cc(C(=O)OCC(=O)Nc2ccccc2)sc1C.